The molecule has 0 bridgehead atoms. The molecule has 4 nitrogen and oxygen atoms in total. The average Bonchev–Trinajstić information content (AvgIpc) is 2.41. The van der Waals surface area contributed by atoms with Crippen molar-refractivity contribution in [3.05, 3.63) is 35.4 Å². The van der Waals surface area contributed by atoms with Crippen molar-refractivity contribution in [3.8, 4) is 0 Å². The molecule has 0 saturated carbocycles. The minimum absolute atomic E-state index is 0. The summed E-state index contributed by atoms with van der Waals surface area (Å²) in [5.41, 5.74) is 12.9. The van der Waals surface area contributed by atoms with Gasteiger partial charge < -0.3 is 11.5 Å². The summed E-state index contributed by atoms with van der Waals surface area (Å²) in [6, 6.07) is 8.01. The van der Waals surface area contributed by atoms with Gasteiger partial charge in [-0.25, -0.2) is 0 Å². The van der Waals surface area contributed by atoms with Crippen molar-refractivity contribution >= 4 is 18.3 Å². The third-order valence-electron chi connectivity index (χ3n) is 3.97. The maximum Gasteiger partial charge on any atom is 0.248 e. The lowest BCUT2D eigenvalue weighted by Gasteiger charge is -2.38. The SMILES string of the molecule is CC1CCN(Cc2cccc(C(N)=O)c2)C(CN)C1.Cl. The molecule has 1 aromatic rings. The Labute approximate surface area is 126 Å². The zero-order valence-electron chi connectivity index (χ0n) is 11.9. The van der Waals surface area contributed by atoms with Crippen LogP contribution >= 0.6 is 12.4 Å². The van der Waals surface area contributed by atoms with E-state index in [2.05, 4.69) is 11.8 Å². The number of hydrogen-bond acceptors (Lipinski definition) is 3. The molecule has 0 spiro atoms. The maximum absolute atomic E-state index is 11.2. The molecule has 1 aliphatic heterocycles. The van der Waals surface area contributed by atoms with Crippen LogP contribution in [0.4, 0.5) is 0 Å². The maximum atomic E-state index is 11.2. The fourth-order valence-electron chi connectivity index (χ4n) is 2.81. The lowest BCUT2D eigenvalue weighted by Crippen LogP contribution is -2.45. The molecule has 1 aliphatic rings. The number of halogens is 1. The van der Waals surface area contributed by atoms with Crippen molar-refractivity contribution in [3.63, 3.8) is 0 Å². The molecule has 2 atom stereocenters. The van der Waals surface area contributed by atoms with Crippen LogP contribution < -0.4 is 11.5 Å². The number of nitrogens with zero attached hydrogens (tertiary/aromatic N) is 1. The first-order chi connectivity index (χ1) is 9.10. The molecule has 1 heterocycles. The second-order valence-corrected chi connectivity index (χ2v) is 5.55. The largest absolute Gasteiger partial charge is 0.366 e. The predicted molar refractivity (Wildman–Crippen MR) is 83.9 cm³/mol. The highest BCUT2D eigenvalue weighted by atomic mass is 35.5. The molecule has 0 radical (unpaired) electrons. The van der Waals surface area contributed by atoms with Gasteiger partial charge in [-0.05, 0) is 43.0 Å². The van der Waals surface area contributed by atoms with E-state index in [1.807, 2.05) is 18.2 Å². The first kappa shape index (κ1) is 17.0. The summed E-state index contributed by atoms with van der Waals surface area (Å²) >= 11 is 0. The molecular formula is C15H24ClN3O. The Hall–Kier alpha value is -1.10. The van der Waals surface area contributed by atoms with Crippen LogP contribution in [0.25, 0.3) is 0 Å². The zero-order chi connectivity index (χ0) is 13.8. The molecular weight excluding hydrogens is 274 g/mol. The summed E-state index contributed by atoms with van der Waals surface area (Å²) in [6.45, 7) is 4.90. The van der Waals surface area contributed by atoms with E-state index >= 15 is 0 Å². The van der Waals surface area contributed by atoms with Crippen molar-refractivity contribution in [2.45, 2.75) is 32.4 Å². The first-order valence-electron chi connectivity index (χ1n) is 6.93. The number of rotatable bonds is 4. The van der Waals surface area contributed by atoms with E-state index < -0.39 is 0 Å². The third-order valence-corrected chi connectivity index (χ3v) is 3.97. The van der Waals surface area contributed by atoms with Gasteiger partial charge in [0, 0.05) is 24.7 Å². The van der Waals surface area contributed by atoms with E-state index in [1.165, 1.54) is 6.42 Å². The number of piperidine rings is 1. The van der Waals surface area contributed by atoms with E-state index in [4.69, 9.17) is 11.5 Å². The summed E-state index contributed by atoms with van der Waals surface area (Å²) < 4.78 is 0. The van der Waals surface area contributed by atoms with Gasteiger partial charge in [-0.15, -0.1) is 12.4 Å². The van der Waals surface area contributed by atoms with Gasteiger partial charge in [0.15, 0.2) is 0 Å². The van der Waals surface area contributed by atoms with Crippen molar-refractivity contribution in [2.75, 3.05) is 13.1 Å². The number of benzene rings is 1. The van der Waals surface area contributed by atoms with Gasteiger partial charge in [-0.2, -0.15) is 0 Å². The van der Waals surface area contributed by atoms with E-state index in [1.54, 1.807) is 6.07 Å². The lowest BCUT2D eigenvalue weighted by molar-refractivity contribution is 0.0999. The van der Waals surface area contributed by atoms with Crippen LogP contribution in [-0.4, -0.2) is 29.9 Å². The number of nitrogens with two attached hydrogens (primary N) is 2. The van der Waals surface area contributed by atoms with E-state index in [-0.39, 0.29) is 18.3 Å². The van der Waals surface area contributed by atoms with Crippen LogP contribution in [0.15, 0.2) is 24.3 Å². The van der Waals surface area contributed by atoms with E-state index in [0.717, 1.165) is 31.0 Å². The Bertz CT molecular complexity index is 452. The molecule has 2 rings (SSSR count). The van der Waals surface area contributed by atoms with Crippen LogP contribution in [0.5, 0.6) is 0 Å². The van der Waals surface area contributed by atoms with Crippen molar-refractivity contribution in [2.24, 2.45) is 17.4 Å². The Balaban J connectivity index is 0.00000200. The Morgan fingerprint density at radius 1 is 1.45 bits per heavy atom. The molecule has 1 amide bonds. The van der Waals surface area contributed by atoms with Gasteiger partial charge in [0.05, 0.1) is 0 Å². The summed E-state index contributed by atoms with van der Waals surface area (Å²) in [5.74, 6) is 0.381. The molecule has 4 N–H and O–H groups in total. The van der Waals surface area contributed by atoms with Crippen LogP contribution in [0, 0.1) is 5.92 Å². The summed E-state index contributed by atoms with van der Waals surface area (Å²) in [6.07, 6.45) is 2.37. The highest BCUT2D eigenvalue weighted by Crippen LogP contribution is 2.23. The second kappa shape index (κ2) is 7.62. The van der Waals surface area contributed by atoms with E-state index in [0.29, 0.717) is 18.2 Å². The fourth-order valence-corrected chi connectivity index (χ4v) is 2.81. The van der Waals surface area contributed by atoms with Crippen LogP contribution in [-0.2, 0) is 6.54 Å². The monoisotopic (exact) mass is 297 g/mol. The molecule has 0 aliphatic carbocycles. The van der Waals surface area contributed by atoms with Crippen molar-refractivity contribution < 1.29 is 4.79 Å². The Kier molecular flexibility index (Phi) is 6.46. The molecule has 0 aromatic heterocycles. The summed E-state index contributed by atoms with van der Waals surface area (Å²) in [7, 11) is 0. The highest BCUT2D eigenvalue weighted by Gasteiger charge is 2.25. The quantitative estimate of drug-likeness (QED) is 0.889. The molecule has 2 unspecified atom stereocenters. The third kappa shape index (κ3) is 4.20. The Morgan fingerprint density at radius 2 is 2.20 bits per heavy atom. The number of carbonyl (C=O) groups excluding carboxylic acids is 1. The summed E-state index contributed by atoms with van der Waals surface area (Å²) in [4.78, 5) is 13.6. The molecule has 112 valence electrons. The second-order valence-electron chi connectivity index (χ2n) is 5.55. The van der Waals surface area contributed by atoms with Gasteiger partial charge in [0.25, 0.3) is 0 Å². The normalized spacial score (nSPS) is 23.1. The number of likely N-dealkylation sites (tertiary alicyclic amines) is 1. The fraction of sp³-hybridized carbons (Fsp3) is 0.533. The van der Waals surface area contributed by atoms with Gasteiger partial charge >= 0.3 is 0 Å². The standard InChI is InChI=1S/C15H23N3O.ClH/c1-11-5-6-18(14(7-11)9-16)10-12-3-2-4-13(8-12)15(17)19;/h2-4,8,11,14H,5-7,9-10,16H2,1H3,(H2,17,19);1H. The van der Waals surface area contributed by atoms with Crippen LogP contribution in [0.1, 0.15) is 35.7 Å². The predicted octanol–water partition coefficient (Wildman–Crippen LogP) is 1.77. The molecule has 1 fully saturated rings. The zero-order valence-corrected chi connectivity index (χ0v) is 12.7. The molecule has 20 heavy (non-hydrogen) atoms. The molecule has 5 heteroatoms. The van der Waals surface area contributed by atoms with E-state index in [9.17, 15) is 4.79 Å². The smallest absolute Gasteiger partial charge is 0.248 e. The topological polar surface area (TPSA) is 72.3 Å². The highest BCUT2D eigenvalue weighted by molar-refractivity contribution is 5.92. The minimum atomic E-state index is -0.371. The van der Waals surface area contributed by atoms with Gasteiger partial charge in [0.1, 0.15) is 0 Å². The van der Waals surface area contributed by atoms with Crippen molar-refractivity contribution in [1.82, 2.24) is 4.90 Å². The minimum Gasteiger partial charge on any atom is -0.366 e. The van der Waals surface area contributed by atoms with Crippen molar-refractivity contribution in [1.29, 1.82) is 0 Å². The van der Waals surface area contributed by atoms with Crippen LogP contribution in [0.3, 0.4) is 0 Å². The Morgan fingerprint density at radius 3 is 2.85 bits per heavy atom. The van der Waals surface area contributed by atoms with Crippen LogP contribution in [0.2, 0.25) is 0 Å². The number of primary amides is 1. The van der Waals surface area contributed by atoms with Gasteiger partial charge in [-0.1, -0.05) is 19.1 Å². The molecule has 1 saturated heterocycles. The number of amides is 1. The summed E-state index contributed by atoms with van der Waals surface area (Å²) in [5, 5.41) is 0. The van der Waals surface area contributed by atoms with Gasteiger partial charge in [-0.3, -0.25) is 9.69 Å². The van der Waals surface area contributed by atoms with Gasteiger partial charge in [0.2, 0.25) is 5.91 Å². The molecule has 1 aromatic carbocycles. The first-order valence-corrected chi connectivity index (χ1v) is 6.93. The number of carbonyl (C=O) groups is 1. The average molecular weight is 298 g/mol. The number of hydrogen-bond donors (Lipinski definition) is 2. The lowest BCUT2D eigenvalue weighted by atomic mass is 9.92.